The molecule has 14 heteroatoms. The van der Waals surface area contributed by atoms with Crippen molar-refractivity contribution in [1.82, 2.24) is 0 Å². The molecular formula is C20H28O14. The van der Waals surface area contributed by atoms with Gasteiger partial charge in [-0.25, -0.2) is 4.79 Å². The zero-order chi connectivity index (χ0) is 25.2. The molecule has 8 atom stereocenters. The second kappa shape index (κ2) is 10.6. The van der Waals surface area contributed by atoms with E-state index in [2.05, 4.69) is 0 Å². The van der Waals surface area contributed by atoms with Crippen molar-refractivity contribution in [3.63, 3.8) is 0 Å². The first-order valence-corrected chi connectivity index (χ1v) is 10.2. The van der Waals surface area contributed by atoms with Gasteiger partial charge in [-0.05, 0) is 12.1 Å². The van der Waals surface area contributed by atoms with Gasteiger partial charge in [-0.2, -0.15) is 0 Å². The Morgan fingerprint density at radius 1 is 1.06 bits per heavy atom. The summed E-state index contributed by atoms with van der Waals surface area (Å²) < 4.78 is 30.5. The van der Waals surface area contributed by atoms with E-state index >= 15 is 0 Å². The number of aliphatic hydroxyl groups excluding tert-OH is 5. The average molecular weight is 492 g/mol. The lowest BCUT2D eigenvalue weighted by Gasteiger charge is -2.38. The van der Waals surface area contributed by atoms with Gasteiger partial charge in [-0.3, -0.25) is 0 Å². The van der Waals surface area contributed by atoms with Crippen LogP contribution in [0, 0.1) is 0 Å². The molecule has 0 amide bonds. The maximum absolute atomic E-state index is 12.4. The molecule has 0 saturated carbocycles. The number of rotatable bonds is 8. The zero-order valence-corrected chi connectivity index (χ0v) is 18.3. The molecule has 192 valence electrons. The number of aromatic hydroxyl groups is 1. The van der Waals surface area contributed by atoms with Gasteiger partial charge < -0.3 is 64.2 Å². The fourth-order valence-electron chi connectivity index (χ4n) is 3.47. The molecule has 2 fully saturated rings. The molecule has 0 aromatic heterocycles. The Hall–Kier alpha value is -2.27. The number of aliphatic hydroxyl groups is 6. The van der Waals surface area contributed by atoms with Crippen LogP contribution < -0.4 is 9.47 Å². The maximum Gasteiger partial charge on any atom is 0.338 e. The summed E-state index contributed by atoms with van der Waals surface area (Å²) >= 11 is 0. The van der Waals surface area contributed by atoms with E-state index in [0.717, 1.165) is 0 Å². The van der Waals surface area contributed by atoms with Gasteiger partial charge in [-0.15, -0.1) is 0 Å². The standard InChI is InChI=1S/C20H28O14/c1-29-9-3-8(4-10(30-2)12(9)21)17(26)32-6-20(28)7-33-19(16(20)25)31-5-11-13(22)14(23)15(24)18(27)34-11/h3-4,11,13-16,18-19,21-25,27-28H,5-7H2,1-2H3/t11-,13-,14+,15-,16+,18-,19-,20-/m1/s1. The number of carbonyl (C=O) groups excluding carboxylic acids is 1. The lowest BCUT2D eigenvalue weighted by Crippen LogP contribution is -2.59. The molecule has 0 unspecified atom stereocenters. The summed E-state index contributed by atoms with van der Waals surface area (Å²) in [7, 11) is 2.55. The molecule has 2 aliphatic heterocycles. The molecule has 0 spiro atoms. The largest absolute Gasteiger partial charge is 0.502 e. The van der Waals surface area contributed by atoms with Gasteiger partial charge in [0.2, 0.25) is 5.75 Å². The van der Waals surface area contributed by atoms with E-state index < -0.39 is 74.5 Å². The Morgan fingerprint density at radius 2 is 1.68 bits per heavy atom. The van der Waals surface area contributed by atoms with Gasteiger partial charge in [0.15, 0.2) is 29.7 Å². The number of phenolic OH excluding ortho intramolecular Hbond substituents is 1. The number of hydrogen-bond donors (Lipinski definition) is 7. The van der Waals surface area contributed by atoms with Crippen molar-refractivity contribution in [3.8, 4) is 17.2 Å². The fourth-order valence-corrected chi connectivity index (χ4v) is 3.47. The summed E-state index contributed by atoms with van der Waals surface area (Å²) in [6, 6.07) is 2.40. The second-order valence-corrected chi connectivity index (χ2v) is 7.90. The van der Waals surface area contributed by atoms with E-state index in [0.29, 0.717) is 0 Å². The van der Waals surface area contributed by atoms with Crippen LogP contribution in [-0.4, -0.2) is 124 Å². The van der Waals surface area contributed by atoms with Gasteiger partial charge in [-0.1, -0.05) is 0 Å². The Kier molecular flexibility index (Phi) is 8.18. The topological polar surface area (TPSA) is 214 Å². The fraction of sp³-hybridized carbons (Fsp3) is 0.650. The zero-order valence-electron chi connectivity index (χ0n) is 18.3. The van der Waals surface area contributed by atoms with Crippen LogP contribution in [0.5, 0.6) is 17.2 Å². The number of phenols is 1. The van der Waals surface area contributed by atoms with Gasteiger partial charge in [0, 0.05) is 0 Å². The first-order valence-electron chi connectivity index (χ1n) is 10.2. The quantitative estimate of drug-likeness (QED) is 0.178. The van der Waals surface area contributed by atoms with Crippen molar-refractivity contribution >= 4 is 5.97 Å². The molecule has 14 nitrogen and oxygen atoms in total. The minimum atomic E-state index is -2.05. The summed E-state index contributed by atoms with van der Waals surface area (Å²) in [5.41, 5.74) is -2.11. The molecule has 3 rings (SSSR count). The highest BCUT2D eigenvalue weighted by molar-refractivity contribution is 5.91. The van der Waals surface area contributed by atoms with Gasteiger partial charge in [0.25, 0.3) is 0 Å². The van der Waals surface area contributed by atoms with Crippen molar-refractivity contribution in [2.75, 3.05) is 34.0 Å². The average Bonchev–Trinajstić information content (AvgIpc) is 3.11. The maximum atomic E-state index is 12.4. The number of benzene rings is 1. The normalized spacial score (nSPS) is 35.7. The van der Waals surface area contributed by atoms with Crippen molar-refractivity contribution in [2.45, 2.75) is 48.7 Å². The molecule has 34 heavy (non-hydrogen) atoms. The highest BCUT2D eigenvalue weighted by Gasteiger charge is 2.51. The van der Waals surface area contributed by atoms with Crippen LogP contribution in [0.4, 0.5) is 0 Å². The molecule has 2 heterocycles. The highest BCUT2D eigenvalue weighted by atomic mass is 16.7. The number of ether oxygens (including phenoxy) is 6. The molecule has 1 aromatic rings. The van der Waals surface area contributed by atoms with Crippen LogP contribution >= 0.6 is 0 Å². The van der Waals surface area contributed by atoms with Crippen LogP contribution in [0.25, 0.3) is 0 Å². The Morgan fingerprint density at radius 3 is 2.26 bits per heavy atom. The van der Waals surface area contributed by atoms with Gasteiger partial charge in [0.1, 0.15) is 37.1 Å². The molecule has 2 saturated heterocycles. The van der Waals surface area contributed by atoms with Gasteiger partial charge >= 0.3 is 5.97 Å². The van der Waals surface area contributed by atoms with Crippen LogP contribution in [0.2, 0.25) is 0 Å². The van der Waals surface area contributed by atoms with Crippen molar-refractivity contribution in [1.29, 1.82) is 0 Å². The van der Waals surface area contributed by atoms with Crippen LogP contribution in [0.1, 0.15) is 10.4 Å². The molecule has 0 aliphatic carbocycles. The van der Waals surface area contributed by atoms with E-state index in [1.54, 1.807) is 0 Å². The third-order valence-electron chi connectivity index (χ3n) is 5.59. The molecule has 7 N–H and O–H groups in total. The predicted octanol–water partition coefficient (Wildman–Crippen LogP) is -3.17. The SMILES string of the molecule is COc1cc(C(=O)OC[C@@]2(O)CO[C@@H](OC[C@H]3O[C@@H](O)[C@H](O)[C@@H](O)[C@@H]3O)[C@@H]2O)cc(OC)c1O. The summed E-state index contributed by atoms with van der Waals surface area (Å²) in [6.45, 7) is -1.65. The smallest absolute Gasteiger partial charge is 0.338 e. The Bertz CT molecular complexity index is 839. The van der Waals surface area contributed by atoms with Crippen LogP contribution in [-0.2, 0) is 18.9 Å². The lowest BCUT2D eigenvalue weighted by molar-refractivity contribution is -0.297. The minimum Gasteiger partial charge on any atom is -0.502 e. The van der Waals surface area contributed by atoms with Crippen molar-refractivity contribution < 1.29 is 69.0 Å². The summed E-state index contributed by atoms with van der Waals surface area (Å²) in [6.07, 6.45) is -11.2. The van der Waals surface area contributed by atoms with Gasteiger partial charge in [0.05, 0.1) is 33.0 Å². The molecular weight excluding hydrogens is 464 g/mol. The van der Waals surface area contributed by atoms with E-state index in [9.17, 15) is 40.5 Å². The van der Waals surface area contributed by atoms with E-state index in [4.69, 9.17) is 28.4 Å². The number of methoxy groups -OCH3 is 2. The lowest BCUT2D eigenvalue weighted by atomic mass is 9.99. The minimum absolute atomic E-state index is 0.0439. The molecule has 0 bridgehead atoms. The monoisotopic (exact) mass is 492 g/mol. The third-order valence-corrected chi connectivity index (χ3v) is 5.59. The van der Waals surface area contributed by atoms with Crippen molar-refractivity contribution in [2.24, 2.45) is 0 Å². The molecule has 2 aliphatic rings. The first kappa shape index (κ1) is 26.3. The van der Waals surface area contributed by atoms with Crippen molar-refractivity contribution in [3.05, 3.63) is 17.7 Å². The van der Waals surface area contributed by atoms with E-state index in [-0.39, 0.29) is 22.8 Å². The molecule has 1 aromatic carbocycles. The summed E-state index contributed by atoms with van der Waals surface area (Å²) in [5.74, 6) is -1.32. The summed E-state index contributed by atoms with van der Waals surface area (Å²) in [4.78, 5) is 12.4. The van der Waals surface area contributed by atoms with Crippen LogP contribution in [0.3, 0.4) is 0 Å². The number of carbonyl (C=O) groups is 1. The Labute approximate surface area is 193 Å². The molecule has 0 radical (unpaired) electrons. The second-order valence-electron chi connectivity index (χ2n) is 7.90. The van der Waals surface area contributed by atoms with E-state index in [1.165, 1.54) is 26.4 Å². The predicted molar refractivity (Wildman–Crippen MR) is 107 cm³/mol. The van der Waals surface area contributed by atoms with Crippen LogP contribution in [0.15, 0.2) is 12.1 Å². The Balaban J connectivity index is 1.57. The highest BCUT2D eigenvalue weighted by Crippen LogP contribution is 2.37. The number of esters is 1. The van der Waals surface area contributed by atoms with E-state index in [1.807, 2.05) is 0 Å². The third kappa shape index (κ3) is 5.19. The first-order chi connectivity index (χ1) is 16.0. The number of hydrogen-bond acceptors (Lipinski definition) is 14. The summed E-state index contributed by atoms with van der Waals surface area (Å²) in [5, 5.41) is 69.7.